The number of aryl methyl sites for hydroxylation is 2. The second-order valence-corrected chi connectivity index (χ2v) is 9.50. The van der Waals surface area contributed by atoms with Crippen LogP contribution in [0.3, 0.4) is 0 Å². The molecule has 2 aliphatic rings. The van der Waals surface area contributed by atoms with Crippen molar-refractivity contribution in [2.24, 2.45) is 0 Å². The molecule has 0 spiro atoms. The lowest BCUT2D eigenvalue weighted by Gasteiger charge is -2.35. The van der Waals surface area contributed by atoms with Crippen LogP contribution in [0.2, 0.25) is 0 Å². The Balaban J connectivity index is 1.39. The van der Waals surface area contributed by atoms with E-state index in [1.54, 1.807) is 35.4 Å². The molecule has 1 saturated heterocycles. The summed E-state index contributed by atoms with van der Waals surface area (Å²) < 4.78 is 16.4. The molecule has 0 unspecified atom stereocenters. The molecule has 0 N–H and O–H groups in total. The van der Waals surface area contributed by atoms with Crippen LogP contribution >= 0.6 is 0 Å². The number of para-hydroxylation sites is 1. The lowest BCUT2D eigenvalue weighted by Crippen LogP contribution is -2.37. The summed E-state index contributed by atoms with van der Waals surface area (Å²) in [7, 11) is 0. The molecule has 8 heteroatoms. The second-order valence-electron chi connectivity index (χ2n) is 9.50. The number of anilines is 1. The Morgan fingerprint density at radius 2 is 1.74 bits per heavy atom. The zero-order valence-corrected chi connectivity index (χ0v) is 19.7. The first-order valence-electron chi connectivity index (χ1n) is 12.3. The van der Waals surface area contributed by atoms with Crippen LogP contribution in [0.4, 0.5) is 10.1 Å². The average molecular weight is 471 g/mol. The van der Waals surface area contributed by atoms with E-state index in [4.69, 9.17) is 0 Å². The van der Waals surface area contributed by atoms with Gasteiger partial charge in [0.2, 0.25) is 0 Å². The van der Waals surface area contributed by atoms with Crippen molar-refractivity contribution >= 4 is 16.9 Å². The number of halogens is 1. The van der Waals surface area contributed by atoms with Gasteiger partial charge in [0.05, 0.1) is 23.1 Å². The first-order chi connectivity index (χ1) is 17.1. The highest BCUT2D eigenvalue weighted by molar-refractivity contribution is 5.71. The van der Waals surface area contributed by atoms with Crippen molar-refractivity contribution in [1.82, 2.24) is 24.5 Å². The van der Waals surface area contributed by atoms with Gasteiger partial charge in [0, 0.05) is 43.4 Å². The van der Waals surface area contributed by atoms with E-state index in [0.29, 0.717) is 29.9 Å². The number of fused-ring (bicyclic) bond motifs is 2. The van der Waals surface area contributed by atoms with Gasteiger partial charge in [0.1, 0.15) is 11.3 Å². The summed E-state index contributed by atoms with van der Waals surface area (Å²) >= 11 is 0. The van der Waals surface area contributed by atoms with Crippen LogP contribution < -0.4 is 10.5 Å². The minimum atomic E-state index is -0.208. The summed E-state index contributed by atoms with van der Waals surface area (Å²) in [5.41, 5.74) is 5.45. The fourth-order valence-electron chi connectivity index (χ4n) is 5.79. The molecule has 4 heterocycles. The van der Waals surface area contributed by atoms with Crippen LogP contribution in [-0.4, -0.2) is 37.6 Å². The summed E-state index contributed by atoms with van der Waals surface area (Å²) in [5, 5.41) is 0. The van der Waals surface area contributed by atoms with E-state index in [2.05, 4.69) is 24.8 Å². The van der Waals surface area contributed by atoms with Crippen LogP contribution in [0.1, 0.15) is 60.2 Å². The third-order valence-electron chi connectivity index (χ3n) is 7.46. The maximum Gasteiger partial charge on any atom is 0.256 e. The van der Waals surface area contributed by atoms with Gasteiger partial charge in [-0.1, -0.05) is 12.1 Å². The smallest absolute Gasteiger partial charge is 0.256 e. The molecule has 1 atom stereocenters. The van der Waals surface area contributed by atoms with Crippen molar-refractivity contribution in [2.45, 2.75) is 51.0 Å². The quantitative estimate of drug-likeness (QED) is 0.443. The maximum atomic E-state index is 14.6. The minimum absolute atomic E-state index is 0.0259. The topological polar surface area (TPSA) is 76.8 Å². The summed E-state index contributed by atoms with van der Waals surface area (Å²) in [6.07, 6.45) is 10.9. The SMILES string of the molecule is Cc1cccc(F)c1N1CCC(c2cc3nccnc3n([C@H]3CCCc4nccnc43)c2=O)CC1. The molecule has 1 fully saturated rings. The molecule has 178 valence electrons. The molecule has 3 aromatic heterocycles. The van der Waals surface area contributed by atoms with E-state index in [1.165, 1.54) is 6.07 Å². The van der Waals surface area contributed by atoms with Gasteiger partial charge in [-0.25, -0.2) is 9.37 Å². The van der Waals surface area contributed by atoms with Crippen molar-refractivity contribution in [1.29, 1.82) is 0 Å². The van der Waals surface area contributed by atoms with Gasteiger partial charge in [-0.3, -0.25) is 24.3 Å². The Hall–Kier alpha value is -3.68. The summed E-state index contributed by atoms with van der Waals surface area (Å²) in [6.45, 7) is 3.33. The van der Waals surface area contributed by atoms with Gasteiger partial charge >= 0.3 is 0 Å². The van der Waals surface area contributed by atoms with Gasteiger partial charge in [-0.2, -0.15) is 0 Å². The fraction of sp³-hybridized carbons (Fsp3) is 0.370. The number of aromatic nitrogens is 5. The normalized spacial score (nSPS) is 18.6. The number of hydrogen-bond donors (Lipinski definition) is 0. The van der Waals surface area contributed by atoms with E-state index in [1.807, 2.05) is 19.1 Å². The highest BCUT2D eigenvalue weighted by Gasteiger charge is 2.31. The van der Waals surface area contributed by atoms with Crippen molar-refractivity contribution in [3.05, 3.63) is 87.7 Å². The lowest BCUT2D eigenvalue weighted by molar-refractivity contribution is 0.454. The van der Waals surface area contributed by atoms with Crippen molar-refractivity contribution in [2.75, 3.05) is 18.0 Å². The number of pyridine rings is 1. The third kappa shape index (κ3) is 3.77. The number of hydrogen-bond acceptors (Lipinski definition) is 6. The predicted octanol–water partition coefficient (Wildman–Crippen LogP) is 4.34. The number of benzene rings is 1. The van der Waals surface area contributed by atoms with E-state index < -0.39 is 0 Å². The Morgan fingerprint density at radius 3 is 2.57 bits per heavy atom. The first kappa shape index (κ1) is 21.8. The van der Waals surface area contributed by atoms with Crippen LogP contribution in [0.5, 0.6) is 0 Å². The number of piperidine rings is 1. The van der Waals surface area contributed by atoms with Crippen LogP contribution in [-0.2, 0) is 6.42 Å². The standard InChI is InChI=1S/C27H27FN6O/c1-17-4-2-5-20(28)25(17)33-14-8-18(9-15-33)19-16-22-26(32-13-11-30-22)34(27(19)35)23-7-3-6-21-24(23)31-12-10-29-21/h2,4-5,10-13,16,18,23H,3,6-9,14-15H2,1H3/t23-/m0/s1. The number of nitrogens with zero attached hydrogens (tertiary/aromatic N) is 6. The molecule has 1 aliphatic heterocycles. The largest absolute Gasteiger partial charge is 0.369 e. The molecule has 7 nitrogen and oxygen atoms in total. The molecule has 1 aliphatic carbocycles. The molecule has 35 heavy (non-hydrogen) atoms. The monoisotopic (exact) mass is 470 g/mol. The first-order valence-corrected chi connectivity index (χ1v) is 12.3. The van der Waals surface area contributed by atoms with Crippen LogP contribution in [0.15, 0.2) is 53.8 Å². The van der Waals surface area contributed by atoms with Crippen molar-refractivity contribution in [3.63, 3.8) is 0 Å². The predicted molar refractivity (Wildman–Crippen MR) is 132 cm³/mol. The zero-order valence-electron chi connectivity index (χ0n) is 19.7. The lowest BCUT2D eigenvalue weighted by atomic mass is 9.88. The molecule has 0 saturated carbocycles. The maximum absolute atomic E-state index is 14.6. The van der Waals surface area contributed by atoms with Crippen LogP contribution in [0.25, 0.3) is 11.2 Å². The minimum Gasteiger partial charge on any atom is -0.369 e. The molecule has 1 aromatic carbocycles. The molecular formula is C27H27FN6O. The van der Waals surface area contributed by atoms with Crippen LogP contribution in [0, 0.1) is 12.7 Å². The van der Waals surface area contributed by atoms with Gasteiger partial charge in [-0.05, 0) is 62.6 Å². The Labute approximate surface area is 202 Å². The van der Waals surface area contributed by atoms with Gasteiger partial charge in [0.15, 0.2) is 5.65 Å². The highest BCUT2D eigenvalue weighted by atomic mass is 19.1. The summed E-state index contributed by atoms with van der Waals surface area (Å²) in [6, 6.07) is 6.90. The van der Waals surface area contributed by atoms with Crippen molar-refractivity contribution in [3.8, 4) is 0 Å². The van der Waals surface area contributed by atoms with Gasteiger partial charge in [0.25, 0.3) is 5.56 Å². The van der Waals surface area contributed by atoms with Gasteiger partial charge in [-0.15, -0.1) is 0 Å². The second kappa shape index (κ2) is 8.83. The molecule has 0 radical (unpaired) electrons. The Morgan fingerprint density at radius 1 is 0.971 bits per heavy atom. The Kier molecular flexibility index (Phi) is 5.51. The highest BCUT2D eigenvalue weighted by Crippen LogP contribution is 2.35. The third-order valence-corrected chi connectivity index (χ3v) is 7.46. The number of rotatable bonds is 3. The fourth-order valence-corrected chi connectivity index (χ4v) is 5.79. The van der Waals surface area contributed by atoms with Crippen molar-refractivity contribution < 1.29 is 4.39 Å². The summed E-state index contributed by atoms with van der Waals surface area (Å²) in [5.74, 6) is -0.114. The molecule has 0 bridgehead atoms. The van der Waals surface area contributed by atoms with E-state index >= 15 is 0 Å². The van der Waals surface area contributed by atoms with Gasteiger partial charge < -0.3 is 4.90 Å². The average Bonchev–Trinajstić information content (AvgIpc) is 2.89. The van der Waals surface area contributed by atoms with E-state index in [-0.39, 0.29) is 23.3 Å². The molecule has 4 aromatic rings. The zero-order chi connectivity index (χ0) is 23.9. The van der Waals surface area contributed by atoms with E-state index in [0.717, 1.165) is 54.6 Å². The van der Waals surface area contributed by atoms with E-state index in [9.17, 15) is 9.18 Å². The molecule has 6 rings (SSSR count). The summed E-state index contributed by atoms with van der Waals surface area (Å²) in [4.78, 5) is 34.4. The molecule has 0 amide bonds. The molecular weight excluding hydrogens is 443 g/mol. The Bertz CT molecular complexity index is 1440.